The minimum Gasteiger partial charge on any atom is -0.396 e. The molecule has 100 valence electrons. The summed E-state index contributed by atoms with van der Waals surface area (Å²) < 4.78 is 22.8. The van der Waals surface area contributed by atoms with Gasteiger partial charge in [-0.3, -0.25) is 0 Å². The molecule has 17 heavy (non-hydrogen) atoms. The third-order valence-corrected chi connectivity index (χ3v) is 5.99. The van der Waals surface area contributed by atoms with Crippen molar-refractivity contribution in [3.63, 3.8) is 0 Å². The lowest BCUT2D eigenvalue weighted by Gasteiger charge is -2.23. The second kappa shape index (κ2) is 5.67. The molecule has 1 saturated carbocycles. The van der Waals surface area contributed by atoms with Crippen LogP contribution in [0.5, 0.6) is 0 Å². The average molecular weight is 261 g/mol. The van der Waals surface area contributed by atoms with Crippen molar-refractivity contribution in [1.29, 1.82) is 0 Å². The van der Waals surface area contributed by atoms with Crippen molar-refractivity contribution in [2.45, 2.75) is 38.1 Å². The van der Waals surface area contributed by atoms with Crippen molar-refractivity contribution in [2.24, 2.45) is 11.8 Å². The Labute approximate surface area is 104 Å². The van der Waals surface area contributed by atoms with Crippen molar-refractivity contribution in [3.8, 4) is 0 Å². The van der Waals surface area contributed by atoms with E-state index in [4.69, 9.17) is 0 Å². The molecule has 1 heterocycles. The highest BCUT2D eigenvalue weighted by molar-refractivity contribution is 7.91. The van der Waals surface area contributed by atoms with Crippen molar-refractivity contribution in [3.05, 3.63) is 0 Å². The zero-order valence-corrected chi connectivity index (χ0v) is 11.1. The van der Waals surface area contributed by atoms with Crippen LogP contribution in [0.1, 0.15) is 32.1 Å². The molecule has 0 aromatic heterocycles. The van der Waals surface area contributed by atoms with E-state index in [0.717, 1.165) is 13.0 Å². The molecule has 5 heteroatoms. The van der Waals surface area contributed by atoms with E-state index in [1.807, 2.05) is 0 Å². The first-order valence-corrected chi connectivity index (χ1v) is 8.47. The molecule has 2 atom stereocenters. The molecule has 4 nitrogen and oxygen atoms in total. The van der Waals surface area contributed by atoms with Gasteiger partial charge in [0.05, 0.1) is 11.5 Å². The molecule has 0 aromatic rings. The van der Waals surface area contributed by atoms with E-state index >= 15 is 0 Å². The number of rotatable bonds is 5. The van der Waals surface area contributed by atoms with Crippen LogP contribution in [0, 0.1) is 11.8 Å². The van der Waals surface area contributed by atoms with Crippen LogP contribution >= 0.6 is 0 Å². The Kier molecular flexibility index (Phi) is 4.44. The lowest BCUT2D eigenvalue weighted by Crippen LogP contribution is -2.36. The SMILES string of the molecule is O=S1(=O)CCC(C(CO)CNC2CCCC2)C1. The van der Waals surface area contributed by atoms with Crippen LogP contribution in [-0.4, -0.2) is 44.2 Å². The van der Waals surface area contributed by atoms with Crippen molar-refractivity contribution < 1.29 is 13.5 Å². The maximum Gasteiger partial charge on any atom is 0.150 e. The van der Waals surface area contributed by atoms with Crippen LogP contribution in [0.15, 0.2) is 0 Å². The fourth-order valence-corrected chi connectivity index (χ4v) is 4.94. The van der Waals surface area contributed by atoms with Gasteiger partial charge in [-0.05, 0) is 31.1 Å². The highest BCUT2D eigenvalue weighted by atomic mass is 32.2. The first kappa shape index (κ1) is 13.3. The normalized spacial score (nSPS) is 30.8. The summed E-state index contributed by atoms with van der Waals surface area (Å²) in [6, 6.07) is 0.585. The molecule has 0 bridgehead atoms. The summed E-state index contributed by atoms with van der Waals surface area (Å²) in [5.74, 6) is 0.828. The largest absolute Gasteiger partial charge is 0.396 e. The van der Waals surface area contributed by atoms with Gasteiger partial charge in [0, 0.05) is 19.2 Å². The Morgan fingerprint density at radius 2 is 1.94 bits per heavy atom. The van der Waals surface area contributed by atoms with Crippen LogP contribution in [0.25, 0.3) is 0 Å². The summed E-state index contributed by atoms with van der Waals surface area (Å²) in [7, 11) is -2.83. The molecule has 2 aliphatic rings. The topological polar surface area (TPSA) is 66.4 Å². The van der Waals surface area contributed by atoms with Gasteiger partial charge in [-0.25, -0.2) is 8.42 Å². The standard InChI is InChI=1S/C12H23NO3S/c14-8-11(7-13-12-3-1-2-4-12)10-5-6-17(15,16)9-10/h10-14H,1-9H2. The van der Waals surface area contributed by atoms with Gasteiger partial charge in [-0.2, -0.15) is 0 Å². The molecule has 1 aliphatic carbocycles. The summed E-state index contributed by atoms with van der Waals surface area (Å²) >= 11 is 0. The van der Waals surface area contributed by atoms with E-state index in [0.29, 0.717) is 11.8 Å². The van der Waals surface area contributed by atoms with Crippen molar-refractivity contribution in [2.75, 3.05) is 24.7 Å². The van der Waals surface area contributed by atoms with Gasteiger partial charge in [0.15, 0.2) is 9.84 Å². The lowest BCUT2D eigenvalue weighted by molar-refractivity contribution is 0.177. The maximum atomic E-state index is 11.4. The zero-order valence-electron chi connectivity index (χ0n) is 10.3. The highest BCUT2D eigenvalue weighted by Crippen LogP contribution is 2.26. The summed E-state index contributed by atoms with van der Waals surface area (Å²) in [4.78, 5) is 0. The van der Waals surface area contributed by atoms with Crippen LogP contribution in [0.3, 0.4) is 0 Å². The number of hydrogen-bond donors (Lipinski definition) is 2. The second-order valence-electron chi connectivity index (χ2n) is 5.50. The first-order chi connectivity index (χ1) is 8.11. The molecule has 1 saturated heterocycles. The smallest absolute Gasteiger partial charge is 0.150 e. The number of nitrogens with one attached hydrogen (secondary N) is 1. The van der Waals surface area contributed by atoms with Crippen LogP contribution in [-0.2, 0) is 9.84 Å². The van der Waals surface area contributed by atoms with E-state index in [1.165, 1.54) is 25.7 Å². The van der Waals surface area contributed by atoms with Gasteiger partial charge in [0.1, 0.15) is 0 Å². The van der Waals surface area contributed by atoms with Gasteiger partial charge in [0.2, 0.25) is 0 Å². The monoisotopic (exact) mass is 261 g/mol. The summed E-state index contributed by atoms with van der Waals surface area (Å²) in [6.07, 6.45) is 5.75. The second-order valence-corrected chi connectivity index (χ2v) is 7.72. The van der Waals surface area contributed by atoms with Crippen LogP contribution < -0.4 is 5.32 Å². The lowest BCUT2D eigenvalue weighted by atomic mass is 9.92. The minimum absolute atomic E-state index is 0.0971. The van der Waals surface area contributed by atoms with Crippen molar-refractivity contribution >= 4 is 9.84 Å². The quantitative estimate of drug-likeness (QED) is 0.759. The van der Waals surface area contributed by atoms with Gasteiger partial charge < -0.3 is 10.4 Å². The molecule has 1 aliphatic heterocycles. The van der Waals surface area contributed by atoms with Gasteiger partial charge in [-0.1, -0.05) is 12.8 Å². The number of aliphatic hydroxyl groups excluding tert-OH is 1. The first-order valence-electron chi connectivity index (χ1n) is 6.65. The molecule has 2 unspecified atom stereocenters. The summed E-state index contributed by atoms with van der Waals surface area (Å²) in [5, 5.41) is 12.9. The van der Waals surface area contributed by atoms with Gasteiger partial charge in [0.25, 0.3) is 0 Å². The Balaban J connectivity index is 1.80. The zero-order chi connectivity index (χ0) is 12.3. The van der Waals surface area contributed by atoms with E-state index < -0.39 is 9.84 Å². The molecule has 0 spiro atoms. The van der Waals surface area contributed by atoms with Gasteiger partial charge in [-0.15, -0.1) is 0 Å². The van der Waals surface area contributed by atoms with Crippen LogP contribution in [0.2, 0.25) is 0 Å². The minimum atomic E-state index is -2.83. The molecule has 0 amide bonds. The number of hydrogen-bond acceptors (Lipinski definition) is 4. The number of sulfone groups is 1. The van der Waals surface area contributed by atoms with Gasteiger partial charge >= 0.3 is 0 Å². The predicted octanol–water partition coefficient (Wildman–Crippen LogP) is 0.562. The summed E-state index contributed by atoms with van der Waals surface area (Å²) in [5.41, 5.74) is 0. The predicted molar refractivity (Wildman–Crippen MR) is 67.6 cm³/mol. The number of aliphatic hydroxyl groups is 1. The van der Waals surface area contributed by atoms with Crippen molar-refractivity contribution in [1.82, 2.24) is 5.32 Å². The van der Waals surface area contributed by atoms with E-state index in [2.05, 4.69) is 5.32 Å². The summed E-state index contributed by atoms with van der Waals surface area (Å²) in [6.45, 7) is 0.862. The van der Waals surface area contributed by atoms with E-state index in [9.17, 15) is 13.5 Å². The Morgan fingerprint density at radius 3 is 2.47 bits per heavy atom. The fourth-order valence-electron chi connectivity index (χ4n) is 3.02. The Hall–Kier alpha value is -0.130. The molecule has 2 N–H and O–H groups in total. The average Bonchev–Trinajstić information content (AvgIpc) is 2.89. The molecular weight excluding hydrogens is 238 g/mol. The molecule has 0 aromatic carbocycles. The molecule has 2 rings (SSSR count). The molecule has 2 fully saturated rings. The molecular formula is C12H23NO3S. The Bertz CT molecular complexity index is 336. The van der Waals surface area contributed by atoms with Crippen LogP contribution in [0.4, 0.5) is 0 Å². The third-order valence-electron chi connectivity index (χ3n) is 4.19. The highest BCUT2D eigenvalue weighted by Gasteiger charge is 2.33. The molecule has 0 radical (unpaired) electrons. The fraction of sp³-hybridized carbons (Fsp3) is 1.00. The van der Waals surface area contributed by atoms with E-state index in [1.54, 1.807) is 0 Å². The third kappa shape index (κ3) is 3.66. The van der Waals surface area contributed by atoms with E-state index in [-0.39, 0.29) is 24.2 Å². The Morgan fingerprint density at radius 1 is 1.24 bits per heavy atom. The maximum absolute atomic E-state index is 11.4.